The Morgan fingerprint density at radius 3 is 2.62 bits per heavy atom. The lowest BCUT2D eigenvalue weighted by molar-refractivity contribution is 0.221. The maximum absolute atomic E-state index is 6.46. The minimum Gasteiger partial charge on any atom is -0.327 e. The first-order valence-corrected chi connectivity index (χ1v) is 6.67. The van der Waals surface area contributed by atoms with Gasteiger partial charge >= 0.3 is 0 Å². The third-order valence-electron chi connectivity index (χ3n) is 4.73. The summed E-state index contributed by atoms with van der Waals surface area (Å²) < 4.78 is 0. The van der Waals surface area contributed by atoms with Gasteiger partial charge in [-0.2, -0.15) is 0 Å². The summed E-state index contributed by atoms with van der Waals surface area (Å²) in [5.41, 5.74) is 9.92. The first-order valence-electron chi connectivity index (χ1n) is 6.67. The molecule has 1 aromatic carbocycles. The Hall–Kier alpha value is -0.820. The lowest BCUT2D eigenvalue weighted by Crippen LogP contribution is -2.49. The number of aryl methyl sites for hydroxylation is 1. The van der Waals surface area contributed by atoms with Crippen LogP contribution in [0.15, 0.2) is 24.3 Å². The monoisotopic (exact) mass is 215 g/mol. The van der Waals surface area contributed by atoms with E-state index in [0.29, 0.717) is 11.5 Å². The fourth-order valence-electron chi connectivity index (χ4n) is 3.83. The van der Waals surface area contributed by atoms with Gasteiger partial charge in [-0.25, -0.2) is 0 Å². The Bertz CT molecular complexity index is 377. The Morgan fingerprint density at radius 1 is 1.06 bits per heavy atom. The Morgan fingerprint density at radius 2 is 1.81 bits per heavy atom. The summed E-state index contributed by atoms with van der Waals surface area (Å²) in [6.45, 7) is 0. The minimum atomic E-state index is 0.326. The van der Waals surface area contributed by atoms with Gasteiger partial charge in [-0.15, -0.1) is 0 Å². The molecule has 0 bridgehead atoms. The predicted octanol–water partition coefficient (Wildman–Crippen LogP) is 3.16. The molecule has 0 saturated heterocycles. The molecule has 0 amide bonds. The van der Waals surface area contributed by atoms with Crippen molar-refractivity contribution in [3.8, 4) is 0 Å². The lowest BCUT2D eigenvalue weighted by atomic mass is 9.60. The molecule has 16 heavy (non-hydrogen) atoms. The average Bonchev–Trinajstić information content (AvgIpc) is 2.36. The maximum Gasteiger partial charge on any atom is 0.0140 e. The SMILES string of the molecule is NC1CCc2ccccc2C12CCCCC2. The third kappa shape index (κ3) is 1.41. The van der Waals surface area contributed by atoms with Crippen LogP contribution in [0, 0.1) is 0 Å². The Labute approximate surface area is 98.0 Å². The van der Waals surface area contributed by atoms with E-state index in [1.807, 2.05) is 0 Å². The van der Waals surface area contributed by atoms with E-state index in [0.717, 1.165) is 0 Å². The fraction of sp³-hybridized carbons (Fsp3) is 0.600. The van der Waals surface area contributed by atoms with E-state index in [2.05, 4.69) is 24.3 Å². The second-order valence-corrected chi connectivity index (χ2v) is 5.52. The number of rotatable bonds is 0. The summed E-state index contributed by atoms with van der Waals surface area (Å²) in [6.07, 6.45) is 9.10. The van der Waals surface area contributed by atoms with Gasteiger partial charge in [0, 0.05) is 11.5 Å². The molecule has 1 fully saturated rings. The molecule has 2 aliphatic carbocycles. The van der Waals surface area contributed by atoms with Gasteiger partial charge in [-0.05, 0) is 36.8 Å². The van der Waals surface area contributed by atoms with Crippen LogP contribution in [0.4, 0.5) is 0 Å². The molecule has 1 spiro atoms. The first kappa shape index (κ1) is 10.3. The smallest absolute Gasteiger partial charge is 0.0140 e. The highest BCUT2D eigenvalue weighted by Gasteiger charge is 2.42. The lowest BCUT2D eigenvalue weighted by Gasteiger charge is -2.46. The van der Waals surface area contributed by atoms with Crippen LogP contribution < -0.4 is 5.73 Å². The van der Waals surface area contributed by atoms with Crippen LogP contribution in [-0.2, 0) is 11.8 Å². The number of nitrogens with two attached hydrogens (primary N) is 1. The zero-order chi connectivity index (χ0) is 11.0. The summed E-state index contributed by atoms with van der Waals surface area (Å²) in [5.74, 6) is 0. The van der Waals surface area contributed by atoms with Crippen LogP contribution >= 0.6 is 0 Å². The molecule has 3 rings (SSSR count). The van der Waals surface area contributed by atoms with E-state index >= 15 is 0 Å². The van der Waals surface area contributed by atoms with Crippen molar-refractivity contribution >= 4 is 0 Å². The molecule has 86 valence electrons. The van der Waals surface area contributed by atoms with Crippen molar-refractivity contribution < 1.29 is 0 Å². The molecule has 1 saturated carbocycles. The fourth-order valence-corrected chi connectivity index (χ4v) is 3.83. The van der Waals surface area contributed by atoms with E-state index < -0.39 is 0 Å². The van der Waals surface area contributed by atoms with Gasteiger partial charge < -0.3 is 5.73 Å². The summed E-state index contributed by atoms with van der Waals surface area (Å²) in [7, 11) is 0. The second-order valence-electron chi connectivity index (χ2n) is 5.52. The molecule has 0 aliphatic heterocycles. The molecule has 1 aromatic rings. The summed E-state index contributed by atoms with van der Waals surface area (Å²) in [4.78, 5) is 0. The van der Waals surface area contributed by atoms with Crippen LogP contribution in [0.1, 0.15) is 49.7 Å². The zero-order valence-electron chi connectivity index (χ0n) is 9.91. The molecular formula is C15H21N. The standard InChI is InChI=1S/C15H21N/c16-14-9-8-12-6-2-3-7-13(12)15(14)10-4-1-5-11-15/h2-3,6-7,14H,1,4-5,8-11,16H2. The molecule has 0 heterocycles. The van der Waals surface area contributed by atoms with Crippen molar-refractivity contribution in [1.29, 1.82) is 0 Å². The van der Waals surface area contributed by atoms with Gasteiger partial charge in [0.05, 0.1) is 0 Å². The summed E-state index contributed by atoms with van der Waals surface area (Å²) in [5, 5.41) is 0. The number of hydrogen-bond donors (Lipinski definition) is 1. The van der Waals surface area contributed by atoms with Crippen molar-refractivity contribution in [1.82, 2.24) is 0 Å². The van der Waals surface area contributed by atoms with E-state index in [4.69, 9.17) is 5.73 Å². The topological polar surface area (TPSA) is 26.0 Å². The molecule has 1 heteroatoms. The van der Waals surface area contributed by atoms with Crippen molar-refractivity contribution in [2.45, 2.75) is 56.4 Å². The molecule has 1 atom stereocenters. The average molecular weight is 215 g/mol. The summed E-state index contributed by atoms with van der Waals surface area (Å²) >= 11 is 0. The van der Waals surface area contributed by atoms with Gasteiger partial charge in [0.2, 0.25) is 0 Å². The van der Waals surface area contributed by atoms with Crippen molar-refractivity contribution in [2.24, 2.45) is 5.73 Å². The van der Waals surface area contributed by atoms with Crippen molar-refractivity contribution in [3.63, 3.8) is 0 Å². The highest BCUT2D eigenvalue weighted by molar-refractivity contribution is 5.39. The second kappa shape index (κ2) is 3.89. The van der Waals surface area contributed by atoms with Crippen LogP contribution in [0.2, 0.25) is 0 Å². The zero-order valence-corrected chi connectivity index (χ0v) is 9.91. The van der Waals surface area contributed by atoms with E-state index in [1.165, 1.54) is 44.9 Å². The molecule has 2 N–H and O–H groups in total. The van der Waals surface area contributed by atoms with Gasteiger partial charge in [0.25, 0.3) is 0 Å². The third-order valence-corrected chi connectivity index (χ3v) is 4.73. The van der Waals surface area contributed by atoms with Crippen LogP contribution in [0.3, 0.4) is 0 Å². The quantitative estimate of drug-likeness (QED) is 0.707. The number of fused-ring (bicyclic) bond motifs is 2. The highest BCUT2D eigenvalue weighted by Crippen LogP contribution is 2.46. The Balaban J connectivity index is 2.08. The minimum absolute atomic E-state index is 0.326. The van der Waals surface area contributed by atoms with E-state index in [1.54, 1.807) is 11.1 Å². The maximum atomic E-state index is 6.46. The van der Waals surface area contributed by atoms with Crippen molar-refractivity contribution in [3.05, 3.63) is 35.4 Å². The molecule has 2 aliphatic rings. The van der Waals surface area contributed by atoms with Gasteiger partial charge in [0.1, 0.15) is 0 Å². The number of hydrogen-bond acceptors (Lipinski definition) is 1. The predicted molar refractivity (Wildman–Crippen MR) is 67.5 cm³/mol. The van der Waals surface area contributed by atoms with Gasteiger partial charge in [0.15, 0.2) is 0 Å². The van der Waals surface area contributed by atoms with E-state index in [-0.39, 0.29) is 0 Å². The number of benzene rings is 1. The van der Waals surface area contributed by atoms with Crippen molar-refractivity contribution in [2.75, 3.05) is 0 Å². The molecular weight excluding hydrogens is 194 g/mol. The molecule has 1 nitrogen and oxygen atoms in total. The molecule has 0 aromatic heterocycles. The molecule has 1 unspecified atom stereocenters. The molecule has 0 radical (unpaired) electrons. The Kier molecular flexibility index (Phi) is 2.51. The van der Waals surface area contributed by atoms with Crippen LogP contribution in [-0.4, -0.2) is 6.04 Å². The largest absolute Gasteiger partial charge is 0.327 e. The highest BCUT2D eigenvalue weighted by atomic mass is 14.7. The summed E-state index contributed by atoms with van der Waals surface area (Å²) in [6, 6.07) is 9.39. The van der Waals surface area contributed by atoms with E-state index in [9.17, 15) is 0 Å². The van der Waals surface area contributed by atoms with Crippen LogP contribution in [0.25, 0.3) is 0 Å². The van der Waals surface area contributed by atoms with Gasteiger partial charge in [-0.3, -0.25) is 0 Å². The van der Waals surface area contributed by atoms with Gasteiger partial charge in [-0.1, -0.05) is 43.5 Å². The first-order chi connectivity index (χ1) is 7.83. The van der Waals surface area contributed by atoms with Crippen LogP contribution in [0.5, 0.6) is 0 Å². The normalized spacial score (nSPS) is 27.7.